The number of pyridine rings is 2. The molecule has 4 atom stereocenters. The van der Waals surface area contributed by atoms with Crippen LogP contribution in [0, 0.1) is 0 Å². The second kappa shape index (κ2) is 26.2. The van der Waals surface area contributed by atoms with Gasteiger partial charge < -0.3 is 58.7 Å². The summed E-state index contributed by atoms with van der Waals surface area (Å²) in [6, 6.07) is 11.4. The van der Waals surface area contributed by atoms with Gasteiger partial charge in [-0.2, -0.15) is 9.97 Å². The third kappa shape index (κ3) is 14.1. The molecule has 26 nitrogen and oxygen atoms in total. The van der Waals surface area contributed by atoms with Gasteiger partial charge in [0.15, 0.2) is 0 Å². The average molecular weight is 1330 g/mol. The number of fused-ring (bicyclic) bond motifs is 6. The second-order valence-electron chi connectivity index (χ2n) is 29.3. The largest absolute Gasteiger partial charge is 0.444 e. The smallest absolute Gasteiger partial charge is 0.415 e. The molecule has 2 saturated carbocycles. The van der Waals surface area contributed by atoms with Gasteiger partial charge in [-0.05, 0) is 141 Å². The molecule has 6 aliphatic heterocycles. The van der Waals surface area contributed by atoms with Crippen molar-refractivity contribution in [1.29, 1.82) is 0 Å². The van der Waals surface area contributed by atoms with Crippen LogP contribution in [-0.2, 0) is 18.9 Å². The Morgan fingerprint density at radius 2 is 0.979 bits per heavy atom. The molecule has 4 bridgehead atoms. The third-order valence-electron chi connectivity index (χ3n) is 19.5. The zero-order chi connectivity index (χ0) is 67.5. The van der Waals surface area contributed by atoms with Gasteiger partial charge in [-0.1, -0.05) is 38.5 Å². The standard InChI is InChI=1S/C34H44N8O5.C19H26N4O4.C15H19ClN4O/c1-33(2,3)46-32(45)41-23-11-12-24(41)17-34(16-23)20-40(31(44)47-34)25-13-14-27(35-19-25)37-30-36-18-21-15-26(29(43)39(4)5)42(28(21)38-30)22-9-7-6-8-10-22;1-18(2,3)26-17(25)23-12-4-5-13(23)9-19(8-12)11-22(16(24)27-19)14-6-7-15(20)21-10-14;1-19(2)14(21)12-8-10-9-17-15(16)18-13(10)20(12)11-6-4-3-5-7-11/h13-15,18-19,22-24H,6-12,16-17,20H2,1-5H3,(H,35,36,37,38);6-7,10,12-13H,4-5,8-9,11H2,1-3H3,(H2,20,21);8-9,11H,3-7H2,1-2H3. The van der Waals surface area contributed by atoms with Crippen LogP contribution in [0.3, 0.4) is 0 Å². The summed E-state index contributed by atoms with van der Waals surface area (Å²) in [5.74, 6) is 1.26. The van der Waals surface area contributed by atoms with Crippen LogP contribution in [0.1, 0.15) is 190 Å². The van der Waals surface area contributed by atoms with Gasteiger partial charge in [-0.15, -0.1) is 0 Å². The number of nitrogens with one attached hydrogen (secondary N) is 1. The van der Waals surface area contributed by atoms with Crippen LogP contribution in [0.15, 0.2) is 61.2 Å². The number of carbonyl (C=O) groups is 6. The molecule has 12 heterocycles. The number of rotatable bonds is 8. The number of aromatic nitrogens is 8. The summed E-state index contributed by atoms with van der Waals surface area (Å²) in [4.78, 5) is 113. The molecule has 6 aromatic heterocycles. The Kier molecular flexibility index (Phi) is 18.3. The Labute approximate surface area is 558 Å². The number of nitrogen functional groups attached to an aromatic ring is 1. The van der Waals surface area contributed by atoms with E-state index >= 15 is 0 Å². The molecule has 6 saturated heterocycles. The molecule has 6 amide bonds. The van der Waals surface area contributed by atoms with Crippen molar-refractivity contribution < 1.29 is 47.7 Å². The molecule has 2 aliphatic carbocycles. The lowest BCUT2D eigenvalue weighted by molar-refractivity contribution is -0.0439. The van der Waals surface area contributed by atoms with Gasteiger partial charge in [0, 0.05) is 113 Å². The molecule has 2 spiro atoms. The minimum absolute atomic E-state index is 0.00491. The van der Waals surface area contributed by atoms with E-state index in [-0.39, 0.29) is 65.6 Å². The van der Waals surface area contributed by atoms with Crippen LogP contribution in [0.25, 0.3) is 22.1 Å². The summed E-state index contributed by atoms with van der Waals surface area (Å²) >= 11 is 5.95. The van der Waals surface area contributed by atoms with Crippen LogP contribution in [0.4, 0.5) is 48.1 Å². The molecule has 8 fully saturated rings. The highest BCUT2D eigenvalue weighted by atomic mass is 35.5. The van der Waals surface area contributed by atoms with Crippen LogP contribution in [0.2, 0.25) is 5.28 Å². The maximum atomic E-state index is 13.1. The van der Waals surface area contributed by atoms with Crippen LogP contribution in [0.5, 0.6) is 0 Å². The molecule has 3 N–H and O–H groups in total. The second-order valence-corrected chi connectivity index (χ2v) is 29.6. The highest BCUT2D eigenvalue weighted by molar-refractivity contribution is 6.28. The predicted octanol–water partition coefficient (Wildman–Crippen LogP) is 12.2. The van der Waals surface area contributed by atoms with Crippen molar-refractivity contribution in [3.05, 3.63) is 77.9 Å². The van der Waals surface area contributed by atoms with Crippen molar-refractivity contribution in [3.63, 3.8) is 0 Å². The van der Waals surface area contributed by atoms with Gasteiger partial charge in [0.25, 0.3) is 11.8 Å². The van der Waals surface area contributed by atoms with Crippen LogP contribution < -0.4 is 20.9 Å². The molecular formula is C68H89ClN16O10. The minimum Gasteiger partial charge on any atom is -0.444 e. The quantitative estimate of drug-likeness (QED) is 0.106. The van der Waals surface area contributed by atoms with Gasteiger partial charge >= 0.3 is 24.4 Å². The van der Waals surface area contributed by atoms with Gasteiger partial charge in [-0.25, -0.2) is 39.1 Å². The molecule has 14 rings (SSSR count). The fourth-order valence-electron chi connectivity index (χ4n) is 15.5. The Balaban J connectivity index is 0.000000151. The molecule has 8 aliphatic rings. The summed E-state index contributed by atoms with van der Waals surface area (Å²) in [7, 11) is 7.06. The molecule has 4 unspecified atom stereocenters. The van der Waals surface area contributed by atoms with Crippen LogP contribution >= 0.6 is 11.6 Å². The summed E-state index contributed by atoms with van der Waals surface area (Å²) in [5.41, 5.74) is 7.44. The third-order valence-corrected chi connectivity index (χ3v) is 19.6. The summed E-state index contributed by atoms with van der Waals surface area (Å²) in [6.07, 6.45) is 22.6. The van der Waals surface area contributed by atoms with Crippen LogP contribution in [-0.4, -0.2) is 183 Å². The number of carbonyl (C=O) groups excluding carboxylic acids is 6. The molecule has 0 radical (unpaired) electrons. The Morgan fingerprint density at radius 1 is 0.558 bits per heavy atom. The van der Waals surface area contributed by atoms with Gasteiger partial charge in [0.05, 0.1) is 36.9 Å². The number of nitrogens with two attached hydrogens (primary N) is 1. The monoisotopic (exact) mass is 1320 g/mol. The normalized spacial score (nSPS) is 24.3. The topological polar surface area (TPSA) is 284 Å². The number of hydrogen-bond donors (Lipinski definition) is 2. The van der Waals surface area contributed by atoms with E-state index in [0.29, 0.717) is 85.2 Å². The Morgan fingerprint density at radius 3 is 1.38 bits per heavy atom. The molecule has 95 heavy (non-hydrogen) atoms. The molecule has 0 aromatic carbocycles. The lowest BCUT2D eigenvalue weighted by Gasteiger charge is -2.43. The van der Waals surface area contributed by atoms with Crippen molar-refractivity contribution in [2.24, 2.45) is 0 Å². The fraction of sp³-hybridized carbons (Fsp3) is 0.588. The summed E-state index contributed by atoms with van der Waals surface area (Å²) < 4.78 is 27.3. The number of nitrogens with zero attached hydrogens (tertiary/aromatic N) is 14. The number of halogens is 1. The Hall–Kier alpha value is -8.55. The van der Waals surface area contributed by atoms with E-state index in [2.05, 4.69) is 39.4 Å². The maximum absolute atomic E-state index is 13.1. The van der Waals surface area contributed by atoms with Gasteiger partial charge in [0.2, 0.25) is 11.2 Å². The number of hydrogen-bond acceptors (Lipinski definition) is 18. The first-order valence-corrected chi connectivity index (χ1v) is 33.8. The van der Waals surface area contributed by atoms with E-state index in [4.69, 9.17) is 41.3 Å². The van der Waals surface area contributed by atoms with E-state index in [1.165, 1.54) is 25.7 Å². The average Bonchev–Trinajstić information content (AvgIpc) is 1.62. The fourth-order valence-corrected chi connectivity index (χ4v) is 15.6. The van der Waals surface area contributed by atoms with Crippen molar-refractivity contribution in [2.75, 3.05) is 62.1 Å². The van der Waals surface area contributed by atoms with Gasteiger partial charge in [0.1, 0.15) is 56.7 Å². The zero-order valence-electron chi connectivity index (χ0n) is 56.2. The highest BCUT2D eigenvalue weighted by Crippen LogP contribution is 2.49. The zero-order valence-corrected chi connectivity index (χ0v) is 56.9. The maximum Gasteiger partial charge on any atom is 0.415 e. The first-order chi connectivity index (χ1) is 45.1. The van der Waals surface area contributed by atoms with E-state index in [9.17, 15) is 28.8 Å². The lowest BCUT2D eigenvalue weighted by atomic mass is 9.86. The number of amides is 6. The molecule has 27 heteroatoms. The molecule has 508 valence electrons. The van der Waals surface area contributed by atoms with E-state index in [1.54, 1.807) is 90.8 Å². The first-order valence-electron chi connectivity index (χ1n) is 33.5. The molecule has 6 aromatic rings. The molecular weight excluding hydrogens is 1240 g/mol. The first kappa shape index (κ1) is 66.5. The SMILES string of the molecule is CC(C)(C)OC(=O)N1C2CCC1CC1(C2)CN(c2ccc(N)nc2)C(=O)O1.CN(C)C(=O)c1cc2cnc(Cl)nc2n1C1CCCCC1.CN(C)C(=O)c1cc2cnc(Nc3ccc(N4CC5(CC6CCC(C5)N6C(=O)OC(C)(C)C)OC4=O)cn3)nc2n1C1CCCCC1. The van der Waals surface area contributed by atoms with E-state index in [0.717, 1.165) is 86.3 Å². The van der Waals surface area contributed by atoms with Crippen molar-refractivity contribution in [2.45, 2.75) is 216 Å². The summed E-state index contributed by atoms with van der Waals surface area (Å²) in [6.45, 7) is 12.1. The van der Waals surface area contributed by atoms with E-state index < -0.39 is 28.5 Å². The summed E-state index contributed by atoms with van der Waals surface area (Å²) in [5, 5.41) is 5.11. The predicted molar refractivity (Wildman–Crippen MR) is 358 cm³/mol. The highest BCUT2D eigenvalue weighted by Gasteiger charge is 2.59. The van der Waals surface area contributed by atoms with Crippen molar-refractivity contribution in [1.82, 2.24) is 58.6 Å². The lowest BCUT2D eigenvalue weighted by Crippen LogP contribution is -2.55. The number of ether oxygens (including phenoxy) is 4. The van der Waals surface area contributed by atoms with Crippen molar-refractivity contribution in [3.8, 4) is 0 Å². The number of piperidine rings is 2. The minimum atomic E-state index is -0.651. The number of anilines is 5. The van der Waals surface area contributed by atoms with Gasteiger partial charge in [-0.3, -0.25) is 19.4 Å². The van der Waals surface area contributed by atoms with Crippen molar-refractivity contribution >= 4 is 98.8 Å². The Bertz CT molecular complexity index is 3840. The van der Waals surface area contributed by atoms with E-state index in [1.807, 2.05) is 69.5 Å².